The maximum absolute atomic E-state index is 12.7. The van der Waals surface area contributed by atoms with Gasteiger partial charge in [-0.05, 0) is 47.1 Å². The molecule has 0 fully saturated rings. The summed E-state index contributed by atoms with van der Waals surface area (Å²) in [6.45, 7) is 1.78. The van der Waals surface area contributed by atoms with E-state index in [0.717, 1.165) is 0 Å². The number of aryl methyl sites for hydroxylation is 1. The number of anilines is 1. The number of nitrogens with two attached hydrogens (primary N) is 1. The highest BCUT2D eigenvalue weighted by Crippen LogP contribution is 2.31. The molecular weight excluding hydrogens is 354 g/mol. The third-order valence-electron chi connectivity index (χ3n) is 3.22. The Kier molecular flexibility index (Phi) is 3.47. The van der Waals surface area contributed by atoms with Gasteiger partial charge in [0.25, 0.3) is 5.56 Å². The highest BCUT2D eigenvalue weighted by atomic mass is 79.9. The van der Waals surface area contributed by atoms with E-state index in [2.05, 4.69) is 20.9 Å². The van der Waals surface area contributed by atoms with E-state index in [-0.39, 0.29) is 5.56 Å². The van der Waals surface area contributed by atoms with Gasteiger partial charge in [-0.1, -0.05) is 23.7 Å². The molecule has 0 unspecified atom stereocenters. The van der Waals surface area contributed by atoms with E-state index in [0.29, 0.717) is 37.6 Å². The molecule has 6 heteroatoms. The van der Waals surface area contributed by atoms with E-state index in [1.54, 1.807) is 25.1 Å². The average Bonchev–Trinajstić information content (AvgIpc) is 2.44. The van der Waals surface area contributed by atoms with Crippen LogP contribution in [0.3, 0.4) is 0 Å². The summed E-state index contributed by atoms with van der Waals surface area (Å²) in [6.07, 6.45) is 0. The van der Waals surface area contributed by atoms with Crippen LogP contribution in [-0.2, 0) is 0 Å². The molecule has 0 aliphatic heterocycles. The van der Waals surface area contributed by atoms with Crippen molar-refractivity contribution in [2.24, 2.45) is 0 Å². The molecule has 3 rings (SSSR count). The lowest BCUT2D eigenvalue weighted by Gasteiger charge is -2.14. The Labute approximate surface area is 134 Å². The van der Waals surface area contributed by atoms with Crippen LogP contribution in [0.15, 0.2) is 45.7 Å². The summed E-state index contributed by atoms with van der Waals surface area (Å²) in [6, 6.07) is 10.6. The van der Waals surface area contributed by atoms with Crippen LogP contribution in [0.2, 0.25) is 5.02 Å². The average molecular weight is 365 g/mol. The van der Waals surface area contributed by atoms with Crippen LogP contribution in [0, 0.1) is 6.92 Å². The van der Waals surface area contributed by atoms with Crippen molar-refractivity contribution < 1.29 is 0 Å². The van der Waals surface area contributed by atoms with Gasteiger partial charge >= 0.3 is 0 Å². The third kappa shape index (κ3) is 2.32. The number of rotatable bonds is 1. The smallest absolute Gasteiger partial charge is 0.265 e. The van der Waals surface area contributed by atoms with Crippen molar-refractivity contribution in [3.05, 3.63) is 62.1 Å². The Balaban J connectivity index is 2.44. The summed E-state index contributed by atoms with van der Waals surface area (Å²) >= 11 is 9.54. The van der Waals surface area contributed by atoms with Crippen molar-refractivity contribution >= 4 is 44.1 Å². The largest absolute Gasteiger partial charge is 0.399 e. The lowest BCUT2D eigenvalue weighted by Crippen LogP contribution is -2.22. The van der Waals surface area contributed by atoms with Gasteiger partial charge in [-0.15, -0.1) is 0 Å². The Hall–Kier alpha value is -1.85. The van der Waals surface area contributed by atoms with E-state index >= 15 is 0 Å². The Morgan fingerprint density at radius 2 is 2.00 bits per heavy atom. The summed E-state index contributed by atoms with van der Waals surface area (Å²) in [4.78, 5) is 17.2. The minimum Gasteiger partial charge on any atom is -0.399 e. The summed E-state index contributed by atoms with van der Waals surface area (Å²) in [5.74, 6) is 0.570. The van der Waals surface area contributed by atoms with Gasteiger partial charge in [0.05, 0.1) is 26.1 Å². The number of fused-ring (bicyclic) bond motifs is 1. The maximum atomic E-state index is 12.7. The number of para-hydroxylation sites is 1. The Bertz CT molecular complexity index is 921. The molecule has 0 saturated heterocycles. The SMILES string of the molecule is Cc1nc2ccccc2c(=O)n1-c1cc(N)cc(Cl)c1Br. The topological polar surface area (TPSA) is 60.9 Å². The number of nitrogens with zero attached hydrogens (tertiary/aromatic N) is 2. The van der Waals surface area contributed by atoms with E-state index in [9.17, 15) is 4.79 Å². The molecule has 1 aromatic heterocycles. The normalized spacial score (nSPS) is 11.0. The highest BCUT2D eigenvalue weighted by Gasteiger charge is 2.14. The maximum Gasteiger partial charge on any atom is 0.265 e. The second-order valence-electron chi connectivity index (χ2n) is 4.65. The fourth-order valence-electron chi connectivity index (χ4n) is 2.29. The van der Waals surface area contributed by atoms with E-state index in [4.69, 9.17) is 17.3 Å². The van der Waals surface area contributed by atoms with Gasteiger partial charge < -0.3 is 5.73 Å². The van der Waals surface area contributed by atoms with Gasteiger partial charge in [-0.25, -0.2) is 4.98 Å². The number of halogens is 2. The zero-order valence-electron chi connectivity index (χ0n) is 11.1. The van der Waals surface area contributed by atoms with Crippen LogP contribution < -0.4 is 11.3 Å². The minimum atomic E-state index is -0.152. The number of benzene rings is 2. The predicted molar refractivity (Wildman–Crippen MR) is 89.2 cm³/mol. The molecular formula is C15H11BrClN3O. The van der Waals surface area contributed by atoms with Crippen molar-refractivity contribution in [1.82, 2.24) is 9.55 Å². The van der Waals surface area contributed by atoms with E-state index in [1.807, 2.05) is 18.2 Å². The van der Waals surface area contributed by atoms with Gasteiger partial charge in [-0.2, -0.15) is 0 Å². The first-order valence-electron chi connectivity index (χ1n) is 6.22. The van der Waals surface area contributed by atoms with Crippen molar-refractivity contribution in [3.63, 3.8) is 0 Å². The molecule has 0 bridgehead atoms. The van der Waals surface area contributed by atoms with Crippen molar-refractivity contribution in [3.8, 4) is 5.69 Å². The van der Waals surface area contributed by atoms with Gasteiger partial charge in [0.1, 0.15) is 5.82 Å². The molecule has 0 spiro atoms. The number of aromatic nitrogens is 2. The van der Waals surface area contributed by atoms with Gasteiger partial charge in [0.2, 0.25) is 0 Å². The zero-order valence-corrected chi connectivity index (χ0v) is 13.4. The van der Waals surface area contributed by atoms with Crippen LogP contribution in [0.5, 0.6) is 0 Å². The van der Waals surface area contributed by atoms with Crippen molar-refractivity contribution in [1.29, 1.82) is 0 Å². The van der Waals surface area contributed by atoms with Crippen molar-refractivity contribution in [2.45, 2.75) is 6.92 Å². The molecule has 0 radical (unpaired) electrons. The summed E-state index contributed by atoms with van der Waals surface area (Å²) in [5.41, 5.74) is 7.42. The Morgan fingerprint density at radius 3 is 2.76 bits per heavy atom. The van der Waals surface area contributed by atoms with Crippen LogP contribution in [0.4, 0.5) is 5.69 Å². The molecule has 0 saturated carbocycles. The number of hydrogen-bond acceptors (Lipinski definition) is 3. The van der Waals surface area contributed by atoms with Crippen LogP contribution in [0.25, 0.3) is 16.6 Å². The second kappa shape index (κ2) is 5.16. The second-order valence-corrected chi connectivity index (χ2v) is 5.85. The molecule has 4 nitrogen and oxygen atoms in total. The van der Waals surface area contributed by atoms with Gasteiger partial charge in [0.15, 0.2) is 0 Å². The molecule has 2 N–H and O–H groups in total. The quantitative estimate of drug-likeness (QED) is 0.670. The molecule has 3 aromatic rings. The lowest BCUT2D eigenvalue weighted by molar-refractivity contribution is 0.891. The predicted octanol–water partition coefficient (Wildman–Crippen LogP) is 3.69. The first-order valence-corrected chi connectivity index (χ1v) is 7.39. The monoisotopic (exact) mass is 363 g/mol. The summed E-state index contributed by atoms with van der Waals surface area (Å²) < 4.78 is 2.12. The van der Waals surface area contributed by atoms with Gasteiger partial charge in [-0.3, -0.25) is 9.36 Å². The molecule has 0 atom stereocenters. The zero-order chi connectivity index (χ0) is 15.1. The van der Waals surface area contributed by atoms with E-state index in [1.165, 1.54) is 4.57 Å². The summed E-state index contributed by atoms with van der Waals surface area (Å²) in [7, 11) is 0. The van der Waals surface area contributed by atoms with Gasteiger partial charge in [0, 0.05) is 5.69 Å². The number of hydrogen-bond donors (Lipinski definition) is 1. The third-order valence-corrected chi connectivity index (χ3v) is 4.58. The van der Waals surface area contributed by atoms with Crippen molar-refractivity contribution in [2.75, 3.05) is 5.73 Å². The first-order chi connectivity index (χ1) is 9.99. The fraction of sp³-hybridized carbons (Fsp3) is 0.0667. The molecule has 106 valence electrons. The number of nitrogen functional groups attached to an aromatic ring is 1. The van der Waals surface area contributed by atoms with Crippen LogP contribution in [-0.4, -0.2) is 9.55 Å². The van der Waals surface area contributed by atoms with Crippen LogP contribution >= 0.6 is 27.5 Å². The molecule has 21 heavy (non-hydrogen) atoms. The first kappa shape index (κ1) is 14.1. The van der Waals surface area contributed by atoms with Crippen LogP contribution in [0.1, 0.15) is 5.82 Å². The molecule has 0 amide bonds. The molecule has 1 heterocycles. The highest BCUT2D eigenvalue weighted by molar-refractivity contribution is 9.10. The Morgan fingerprint density at radius 1 is 1.29 bits per heavy atom. The summed E-state index contributed by atoms with van der Waals surface area (Å²) in [5, 5.41) is 0.998. The molecule has 0 aliphatic carbocycles. The molecule has 0 aliphatic rings. The fourth-order valence-corrected chi connectivity index (χ4v) is 2.91. The minimum absolute atomic E-state index is 0.152. The molecule has 2 aromatic carbocycles. The standard InChI is InChI=1S/C15H11BrClN3O/c1-8-19-12-5-3-2-4-10(12)15(21)20(8)13-7-9(18)6-11(17)14(13)16/h2-7H,18H2,1H3. The lowest BCUT2D eigenvalue weighted by atomic mass is 10.2. The van der Waals surface area contributed by atoms with E-state index < -0.39 is 0 Å².